The molecule has 8 heteroatoms. The Hall–Kier alpha value is -3.09. The molecule has 0 saturated carbocycles. The van der Waals surface area contributed by atoms with Crippen molar-refractivity contribution >= 4 is 45.8 Å². The third-order valence-electron chi connectivity index (χ3n) is 4.56. The average molecular weight is 441 g/mol. The molecule has 0 atom stereocenters. The van der Waals surface area contributed by atoms with Crippen molar-refractivity contribution in [2.75, 3.05) is 11.9 Å². The van der Waals surface area contributed by atoms with Gasteiger partial charge in [0.05, 0.1) is 5.69 Å². The highest BCUT2D eigenvalue weighted by molar-refractivity contribution is 6.31. The number of halogens is 2. The van der Waals surface area contributed by atoms with Gasteiger partial charge in [-0.25, -0.2) is 0 Å². The number of hydrogen-bond donors (Lipinski definition) is 1. The van der Waals surface area contributed by atoms with Crippen LogP contribution in [-0.2, 0) is 4.79 Å². The zero-order valence-corrected chi connectivity index (χ0v) is 17.8. The van der Waals surface area contributed by atoms with Crippen LogP contribution in [0.3, 0.4) is 0 Å². The largest absolute Gasteiger partial charge is 0.484 e. The second kappa shape index (κ2) is 8.34. The summed E-state index contributed by atoms with van der Waals surface area (Å²) in [6.45, 7) is 3.67. The van der Waals surface area contributed by atoms with E-state index >= 15 is 0 Å². The van der Waals surface area contributed by atoms with E-state index in [1.54, 1.807) is 36.4 Å². The molecule has 1 heterocycles. The maximum Gasteiger partial charge on any atom is 0.262 e. The van der Waals surface area contributed by atoms with Gasteiger partial charge >= 0.3 is 0 Å². The first kappa shape index (κ1) is 20.2. The summed E-state index contributed by atoms with van der Waals surface area (Å²) in [6, 6.07) is 16.2. The van der Waals surface area contributed by atoms with Gasteiger partial charge in [0.25, 0.3) is 5.91 Å². The second-order valence-electron chi connectivity index (χ2n) is 6.87. The lowest BCUT2D eigenvalue weighted by molar-refractivity contribution is -0.118. The molecule has 30 heavy (non-hydrogen) atoms. The molecule has 1 N–H and O–H groups in total. The maximum atomic E-state index is 12.4. The Balaban J connectivity index is 1.49. The highest BCUT2D eigenvalue weighted by Crippen LogP contribution is 2.23. The van der Waals surface area contributed by atoms with Gasteiger partial charge in [-0.05, 0) is 79.6 Å². The van der Waals surface area contributed by atoms with E-state index in [9.17, 15) is 4.79 Å². The molecule has 0 aliphatic rings. The van der Waals surface area contributed by atoms with E-state index in [2.05, 4.69) is 15.5 Å². The van der Waals surface area contributed by atoms with Crippen LogP contribution in [0.1, 0.15) is 11.1 Å². The van der Waals surface area contributed by atoms with E-state index in [0.717, 1.165) is 22.3 Å². The smallest absolute Gasteiger partial charge is 0.262 e. The number of aromatic nitrogens is 3. The highest BCUT2D eigenvalue weighted by Gasteiger charge is 2.11. The molecule has 4 rings (SSSR count). The molecule has 6 nitrogen and oxygen atoms in total. The lowest BCUT2D eigenvalue weighted by Crippen LogP contribution is -2.20. The first-order valence-corrected chi connectivity index (χ1v) is 9.97. The van der Waals surface area contributed by atoms with Crippen molar-refractivity contribution in [1.29, 1.82) is 0 Å². The minimum atomic E-state index is -0.268. The van der Waals surface area contributed by atoms with E-state index in [4.69, 9.17) is 27.9 Å². The number of anilines is 1. The van der Waals surface area contributed by atoms with Crippen LogP contribution in [0.4, 0.5) is 5.69 Å². The van der Waals surface area contributed by atoms with Gasteiger partial charge < -0.3 is 10.1 Å². The molecule has 0 bridgehead atoms. The fraction of sp³-hybridized carbons (Fsp3) is 0.136. The Morgan fingerprint density at radius 1 is 0.967 bits per heavy atom. The first-order chi connectivity index (χ1) is 14.4. The third kappa shape index (κ3) is 4.40. The summed E-state index contributed by atoms with van der Waals surface area (Å²) in [5.41, 5.74) is 4.62. The Kier molecular flexibility index (Phi) is 5.61. The number of fused-ring (bicyclic) bond motifs is 1. The van der Waals surface area contributed by atoms with E-state index in [-0.39, 0.29) is 12.5 Å². The van der Waals surface area contributed by atoms with Crippen molar-refractivity contribution in [2.24, 2.45) is 0 Å². The van der Waals surface area contributed by atoms with Crippen LogP contribution in [0.2, 0.25) is 10.0 Å². The maximum absolute atomic E-state index is 12.4. The second-order valence-corrected chi connectivity index (χ2v) is 7.71. The zero-order valence-electron chi connectivity index (χ0n) is 16.3. The molecular weight excluding hydrogens is 423 g/mol. The van der Waals surface area contributed by atoms with Gasteiger partial charge in [-0.2, -0.15) is 4.80 Å². The summed E-state index contributed by atoms with van der Waals surface area (Å²) in [5.74, 6) is 0.320. The number of rotatable bonds is 5. The van der Waals surface area contributed by atoms with Crippen molar-refractivity contribution in [3.63, 3.8) is 0 Å². The molecule has 0 aliphatic heterocycles. The lowest BCUT2D eigenvalue weighted by atomic mass is 10.1. The number of carbonyl (C=O) groups excluding carboxylic acids is 1. The Labute approximate surface area is 183 Å². The fourth-order valence-corrected chi connectivity index (χ4v) is 3.18. The first-order valence-electron chi connectivity index (χ1n) is 9.21. The van der Waals surface area contributed by atoms with Crippen molar-refractivity contribution in [3.05, 3.63) is 75.8 Å². The molecule has 3 aromatic carbocycles. The van der Waals surface area contributed by atoms with Gasteiger partial charge in [-0.15, -0.1) is 10.2 Å². The predicted molar refractivity (Wildman–Crippen MR) is 119 cm³/mol. The summed E-state index contributed by atoms with van der Waals surface area (Å²) in [7, 11) is 0. The molecule has 1 aromatic heterocycles. The van der Waals surface area contributed by atoms with E-state index in [1.165, 1.54) is 4.80 Å². The number of nitrogens with zero attached hydrogens (tertiary/aromatic N) is 3. The predicted octanol–water partition coefficient (Wildman–Crippen LogP) is 5.36. The number of aryl methyl sites for hydroxylation is 2. The number of ether oxygens (including phenoxy) is 1. The number of nitrogens with one attached hydrogen (secondary N) is 1. The van der Waals surface area contributed by atoms with E-state index in [1.807, 2.05) is 32.0 Å². The Morgan fingerprint density at radius 2 is 1.67 bits per heavy atom. The minimum Gasteiger partial charge on any atom is -0.484 e. The van der Waals surface area contributed by atoms with Crippen molar-refractivity contribution in [3.8, 4) is 11.4 Å². The summed E-state index contributed by atoms with van der Waals surface area (Å²) in [5, 5.41) is 13.2. The molecule has 0 radical (unpaired) electrons. The number of amides is 1. The Morgan fingerprint density at radius 3 is 2.37 bits per heavy atom. The van der Waals surface area contributed by atoms with E-state index < -0.39 is 0 Å². The summed E-state index contributed by atoms with van der Waals surface area (Å²) < 4.78 is 5.56. The quantitative estimate of drug-likeness (QED) is 0.453. The van der Waals surface area contributed by atoms with Crippen LogP contribution in [0.25, 0.3) is 16.7 Å². The average Bonchev–Trinajstić information content (AvgIpc) is 3.12. The molecule has 0 fully saturated rings. The topological polar surface area (TPSA) is 69.0 Å². The Bertz CT molecular complexity index is 1240. The van der Waals surface area contributed by atoms with Crippen molar-refractivity contribution in [2.45, 2.75) is 13.8 Å². The lowest BCUT2D eigenvalue weighted by Gasteiger charge is -2.10. The van der Waals surface area contributed by atoms with Crippen LogP contribution in [0.5, 0.6) is 5.75 Å². The van der Waals surface area contributed by atoms with Crippen molar-refractivity contribution in [1.82, 2.24) is 15.0 Å². The highest BCUT2D eigenvalue weighted by atomic mass is 35.5. The third-order valence-corrected chi connectivity index (χ3v) is 5.23. The molecule has 0 unspecified atom stereocenters. The summed E-state index contributed by atoms with van der Waals surface area (Å²) in [6.07, 6.45) is 0. The van der Waals surface area contributed by atoms with E-state index in [0.29, 0.717) is 27.0 Å². The summed E-state index contributed by atoms with van der Waals surface area (Å²) >= 11 is 12.0. The van der Waals surface area contributed by atoms with Gasteiger partial charge in [0.1, 0.15) is 16.8 Å². The van der Waals surface area contributed by atoms with Crippen molar-refractivity contribution < 1.29 is 9.53 Å². The zero-order chi connectivity index (χ0) is 21.3. The molecule has 0 aliphatic carbocycles. The monoisotopic (exact) mass is 440 g/mol. The van der Waals surface area contributed by atoms with Crippen LogP contribution in [-0.4, -0.2) is 27.5 Å². The van der Waals surface area contributed by atoms with Gasteiger partial charge in [0.15, 0.2) is 6.61 Å². The fourth-order valence-electron chi connectivity index (χ4n) is 2.93. The summed E-state index contributed by atoms with van der Waals surface area (Å²) in [4.78, 5) is 13.9. The van der Waals surface area contributed by atoms with Crippen LogP contribution >= 0.6 is 23.2 Å². The molecular formula is C22H18Cl2N4O2. The minimum absolute atomic E-state index is 0.115. The van der Waals surface area contributed by atoms with Crippen LogP contribution in [0.15, 0.2) is 54.6 Å². The molecule has 0 saturated heterocycles. The van der Waals surface area contributed by atoms with Gasteiger partial charge in [0, 0.05) is 15.7 Å². The standard InChI is InChI=1S/C22H18Cl2N4O2/c1-13-9-17(7-8-18(13)24)30-12-22(29)25-19-11-21-20(10-14(19)2)26-28(27-21)16-5-3-15(23)4-6-16/h3-11H,12H2,1-2H3,(H,25,29). The van der Waals surface area contributed by atoms with Gasteiger partial charge in [-0.1, -0.05) is 23.2 Å². The van der Waals surface area contributed by atoms with Crippen LogP contribution in [0, 0.1) is 13.8 Å². The molecule has 4 aromatic rings. The van der Waals surface area contributed by atoms with Crippen LogP contribution < -0.4 is 10.1 Å². The SMILES string of the molecule is Cc1cc(OCC(=O)Nc2cc3nn(-c4ccc(Cl)cc4)nc3cc2C)ccc1Cl. The number of hydrogen-bond acceptors (Lipinski definition) is 4. The number of benzene rings is 3. The molecule has 1 amide bonds. The molecule has 0 spiro atoms. The molecule has 152 valence electrons. The van der Waals surface area contributed by atoms with Gasteiger partial charge in [0.2, 0.25) is 0 Å². The van der Waals surface area contributed by atoms with Gasteiger partial charge in [-0.3, -0.25) is 4.79 Å². The normalized spacial score (nSPS) is 10.9. The number of carbonyl (C=O) groups is 1.